The first-order valence-electron chi connectivity index (χ1n) is 10.5. The van der Waals surface area contributed by atoms with Crippen LogP contribution in [-0.4, -0.2) is 50.7 Å². The molecule has 6 rings (SSSR count). The molecule has 29 heavy (non-hydrogen) atoms. The van der Waals surface area contributed by atoms with Gasteiger partial charge < -0.3 is 15.2 Å². The number of anilines is 1. The summed E-state index contributed by atoms with van der Waals surface area (Å²) in [6.45, 7) is 8.19. The molecule has 0 amide bonds. The van der Waals surface area contributed by atoms with E-state index in [0.717, 1.165) is 61.5 Å². The number of hydrogen-bond acceptors (Lipinski definition) is 5. The summed E-state index contributed by atoms with van der Waals surface area (Å²) in [6, 6.07) is 6.40. The van der Waals surface area contributed by atoms with Crippen LogP contribution in [0.25, 0.3) is 16.7 Å². The zero-order valence-electron chi connectivity index (χ0n) is 16.9. The first-order valence-corrected chi connectivity index (χ1v) is 10.5. The average Bonchev–Trinajstić information content (AvgIpc) is 3.21. The minimum atomic E-state index is 0.418. The van der Waals surface area contributed by atoms with Crippen molar-refractivity contribution in [1.82, 2.24) is 29.9 Å². The fourth-order valence-electron chi connectivity index (χ4n) is 4.65. The Kier molecular flexibility index (Phi) is 3.68. The van der Waals surface area contributed by atoms with Crippen molar-refractivity contribution in [2.24, 2.45) is 0 Å². The van der Waals surface area contributed by atoms with Gasteiger partial charge in [-0.2, -0.15) is 9.61 Å². The van der Waals surface area contributed by atoms with E-state index in [1.54, 1.807) is 0 Å². The fourth-order valence-corrected chi connectivity index (χ4v) is 4.65. The van der Waals surface area contributed by atoms with Gasteiger partial charge in [0.05, 0.1) is 28.8 Å². The van der Waals surface area contributed by atoms with Gasteiger partial charge >= 0.3 is 0 Å². The Bertz CT molecular complexity index is 1190. The molecular weight excluding hydrogens is 362 g/mol. The highest BCUT2D eigenvalue weighted by atomic mass is 15.4. The number of rotatable bonds is 2. The van der Waals surface area contributed by atoms with Gasteiger partial charge in [-0.3, -0.25) is 0 Å². The first kappa shape index (κ1) is 17.0. The fraction of sp³-hybridized carbons (Fsp3) is 0.409. The van der Waals surface area contributed by atoms with Crippen LogP contribution < -0.4 is 10.2 Å². The molecule has 2 N–H and O–H groups in total. The van der Waals surface area contributed by atoms with Crippen molar-refractivity contribution >= 4 is 22.5 Å². The minimum Gasteiger partial charge on any atom is -0.355 e. The number of benzene rings is 1. The van der Waals surface area contributed by atoms with Gasteiger partial charge in [0.25, 0.3) is 0 Å². The van der Waals surface area contributed by atoms with E-state index in [2.05, 4.69) is 46.3 Å². The number of nitrogens with zero attached hydrogens (tertiary/aromatic N) is 5. The van der Waals surface area contributed by atoms with Crippen molar-refractivity contribution in [2.75, 3.05) is 31.1 Å². The standard InChI is InChI=1S/C22H25N7/c1-13-9-18-19(10-14(13)2)27-21(26-18)15-11-28(12-15)22-16-3-6-23-7-4-17(16)25-20-5-8-24-29(20)22/h5,8-10,15,23H,3-4,6-7,11-12H2,1-2H3,(H,26,27). The van der Waals surface area contributed by atoms with Crippen molar-refractivity contribution in [3.05, 3.63) is 52.6 Å². The number of nitrogens with one attached hydrogen (secondary N) is 2. The molecule has 0 unspecified atom stereocenters. The topological polar surface area (TPSA) is 74.1 Å². The quantitative estimate of drug-likeness (QED) is 0.553. The molecule has 2 aliphatic rings. The second-order valence-corrected chi connectivity index (χ2v) is 8.39. The lowest BCUT2D eigenvalue weighted by atomic mass is 9.97. The molecule has 0 atom stereocenters. The predicted octanol–water partition coefficient (Wildman–Crippen LogP) is 2.51. The molecule has 0 saturated carbocycles. The van der Waals surface area contributed by atoms with Gasteiger partial charge in [0.2, 0.25) is 0 Å². The molecule has 0 spiro atoms. The maximum atomic E-state index is 4.89. The summed E-state index contributed by atoms with van der Waals surface area (Å²) in [7, 11) is 0. The van der Waals surface area contributed by atoms with Crippen LogP contribution in [0, 0.1) is 13.8 Å². The molecule has 5 heterocycles. The Balaban J connectivity index is 1.34. The van der Waals surface area contributed by atoms with Gasteiger partial charge in [-0.05, 0) is 50.1 Å². The van der Waals surface area contributed by atoms with Crippen LogP contribution in [0.2, 0.25) is 0 Å². The number of H-pyrrole nitrogens is 1. The molecule has 0 bridgehead atoms. The van der Waals surface area contributed by atoms with Gasteiger partial charge in [0.1, 0.15) is 11.6 Å². The van der Waals surface area contributed by atoms with Crippen molar-refractivity contribution < 1.29 is 0 Å². The van der Waals surface area contributed by atoms with Crippen molar-refractivity contribution in [3.63, 3.8) is 0 Å². The Morgan fingerprint density at radius 1 is 1.03 bits per heavy atom. The molecule has 148 valence electrons. The SMILES string of the molecule is Cc1cc2nc(C3CN(c4c5c(nc6ccnn46)CCNCC5)C3)[nH]c2cc1C. The van der Waals surface area contributed by atoms with E-state index < -0.39 is 0 Å². The molecule has 0 radical (unpaired) electrons. The molecule has 4 aromatic rings. The van der Waals surface area contributed by atoms with E-state index in [4.69, 9.17) is 9.97 Å². The highest BCUT2D eigenvalue weighted by Crippen LogP contribution is 2.35. The zero-order valence-corrected chi connectivity index (χ0v) is 16.9. The van der Waals surface area contributed by atoms with Crippen molar-refractivity contribution in [3.8, 4) is 0 Å². The minimum absolute atomic E-state index is 0.418. The van der Waals surface area contributed by atoms with Gasteiger partial charge in [0.15, 0.2) is 5.65 Å². The van der Waals surface area contributed by atoms with Crippen LogP contribution >= 0.6 is 0 Å². The maximum Gasteiger partial charge on any atom is 0.157 e. The first-order chi connectivity index (χ1) is 14.2. The average molecular weight is 387 g/mol. The van der Waals surface area contributed by atoms with Gasteiger partial charge in [-0.25, -0.2) is 9.97 Å². The third-order valence-electron chi connectivity index (χ3n) is 6.46. The van der Waals surface area contributed by atoms with E-state index >= 15 is 0 Å². The van der Waals surface area contributed by atoms with Crippen LogP contribution in [0.3, 0.4) is 0 Å². The lowest BCUT2D eigenvalue weighted by Gasteiger charge is -2.41. The highest BCUT2D eigenvalue weighted by Gasteiger charge is 2.34. The van der Waals surface area contributed by atoms with Crippen LogP contribution in [0.15, 0.2) is 24.4 Å². The van der Waals surface area contributed by atoms with E-state index in [1.807, 2.05) is 16.8 Å². The van der Waals surface area contributed by atoms with Crippen LogP contribution in [-0.2, 0) is 12.8 Å². The molecule has 1 saturated heterocycles. The van der Waals surface area contributed by atoms with Crippen molar-refractivity contribution in [1.29, 1.82) is 0 Å². The Morgan fingerprint density at radius 3 is 2.76 bits per heavy atom. The second-order valence-electron chi connectivity index (χ2n) is 8.39. The van der Waals surface area contributed by atoms with Gasteiger partial charge in [-0.1, -0.05) is 0 Å². The smallest absolute Gasteiger partial charge is 0.157 e. The molecule has 1 fully saturated rings. The molecule has 0 aliphatic carbocycles. The van der Waals surface area contributed by atoms with Gasteiger partial charge in [-0.15, -0.1) is 0 Å². The predicted molar refractivity (Wildman–Crippen MR) is 114 cm³/mol. The van der Waals surface area contributed by atoms with Crippen LogP contribution in [0.4, 0.5) is 5.82 Å². The highest BCUT2D eigenvalue weighted by molar-refractivity contribution is 5.77. The molecule has 7 heteroatoms. The van der Waals surface area contributed by atoms with Crippen molar-refractivity contribution in [2.45, 2.75) is 32.6 Å². The van der Waals surface area contributed by atoms with Crippen LogP contribution in [0.5, 0.6) is 0 Å². The molecule has 3 aromatic heterocycles. The number of hydrogen-bond donors (Lipinski definition) is 2. The number of fused-ring (bicyclic) bond motifs is 3. The molecule has 2 aliphatic heterocycles. The maximum absolute atomic E-state index is 4.89. The third kappa shape index (κ3) is 2.64. The third-order valence-corrected chi connectivity index (χ3v) is 6.46. The van der Waals surface area contributed by atoms with E-state index in [1.165, 1.54) is 28.2 Å². The van der Waals surface area contributed by atoms with Crippen LogP contribution in [0.1, 0.15) is 34.1 Å². The summed E-state index contributed by atoms with van der Waals surface area (Å²) in [5.74, 6) is 2.74. The van der Waals surface area contributed by atoms with Gasteiger partial charge in [0, 0.05) is 37.7 Å². The molecular formula is C22H25N7. The summed E-state index contributed by atoms with van der Waals surface area (Å²) < 4.78 is 2.02. The van der Waals surface area contributed by atoms with E-state index in [-0.39, 0.29) is 0 Å². The summed E-state index contributed by atoms with van der Waals surface area (Å²) in [5, 5.41) is 8.08. The summed E-state index contributed by atoms with van der Waals surface area (Å²) in [4.78, 5) is 15.8. The largest absolute Gasteiger partial charge is 0.355 e. The van der Waals surface area contributed by atoms with E-state index in [0.29, 0.717) is 5.92 Å². The number of aromatic amines is 1. The summed E-state index contributed by atoms with van der Waals surface area (Å²) in [6.07, 6.45) is 3.83. The zero-order chi connectivity index (χ0) is 19.5. The Morgan fingerprint density at radius 2 is 1.86 bits per heavy atom. The normalized spacial score (nSPS) is 17.5. The summed E-state index contributed by atoms with van der Waals surface area (Å²) >= 11 is 0. The molecule has 7 nitrogen and oxygen atoms in total. The Hall–Kier alpha value is -2.93. The second kappa shape index (κ2) is 6.29. The summed E-state index contributed by atoms with van der Waals surface area (Å²) in [5.41, 5.74) is 8.31. The monoisotopic (exact) mass is 387 g/mol. The lowest BCUT2D eigenvalue weighted by Crippen LogP contribution is -2.47. The molecule has 1 aromatic carbocycles. The van der Waals surface area contributed by atoms with E-state index in [9.17, 15) is 0 Å². The number of aromatic nitrogens is 5. The number of aryl methyl sites for hydroxylation is 2. The lowest BCUT2D eigenvalue weighted by molar-refractivity contribution is 0.494. The number of imidazole rings is 1. The Labute approximate surface area is 169 Å².